The summed E-state index contributed by atoms with van der Waals surface area (Å²) in [7, 11) is 0. The molecule has 6 nitrogen and oxygen atoms in total. The van der Waals surface area contributed by atoms with Crippen molar-refractivity contribution in [3.8, 4) is 0 Å². The molecule has 1 N–H and O–H groups in total. The smallest absolute Gasteiger partial charge is 0.282 e. The van der Waals surface area contributed by atoms with E-state index in [4.69, 9.17) is 0 Å². The van der Waals surface area contributed by atoms with Crippen molar-refractivity contribution in [2.45, 2.75) is 19.4 Å². The van der Waals surface area contributed by atoms with Gasteiger partial charge in [0.1, 0.15) is 5.69 Å². The first-order valence-electron chi connectivity index (χ1n) is 7.16. The molecule has 22 heavy (non-hydrogen) atoms. The number of carbonyl (C=O) groups excluding carboxylic acids is 2. The number of amides is 2. The predicted molar refractivity (Wildman–Crippen MR) is 82.7 cm³/mol. The molecule has 0 spiro atoms. The fourth-order valence-electron chi connectivity index (χ4n) is 2.31. The van der Waals surface area contributed by atoms with Gasteiger partial charge in [-0.1, -0.05) is 6.07 Å². The third-order valence-corrected chi connectivity index (χ3v) is 4.32. The van der Waals surface area contributed by atoms with Gasteiger partial charge < -0.3 is 10.2 Å². The van der Waals surface area contributed by atoms with E-state index in [9.17, 15) is 9.59 Å². The van der Waals surface area contributed by atoms with Crippen molar-refractivity contribution < 1.29 is 9.59 Å². The number of hydrogen-bond donors (Lipinski definition) is 1. The van der Waals surface area contributed by atoms with Gasteiger partial charge in [0.25, 0.3) is 11.8 Å². The Bertz CT molecular complexity index is 665. The predicted octanol–water partition coefficient (Wildman–Crippen LogP) is 1.70. The van der Waals surface area contributed by atoms with E-state index in [1.165, 1.54) is 11.3 Å². The molecule has 1 saturated heterocycles. The van der Waals surface area contributed by atoms with Crippen molar-refractivity contribution in [1.82, 2.24) is 20.2 Å². The molecule has 2 aromatic rings. The molecule has 0 bridgehead atoms. The Kier molecular flexibility index (Phi) is 4.43. The van der Waals surface area contributed by atoms with E-state index in [1.54, 1.807) is 22.7 Å². The Hall–Kier alpha value is -2.28. The Morgan fingerprint density at radius 3 is 2.86 bits per heavy atom. The van der Waals surface area contributed by atoms with Gasteiger partial charge in [-0.2, -0.15) is 0 Å². The molecule has 1 aliphatic heterocycles. The topological polar surface area (TPSA) is 75.2 Å². The van der Waals surface area contributed by atoms with Gasteiger partial charge >= 0.3 is 0 Å². The van der Waals surface area contributed by atoms with E-state index >= 15 is 0 Å². The van der Waals surface area contributed by atoms with Crippen molar-refractivity contribution in [1.29, 1.82) is 0 Å². The highest BCUT2D eigenvalue weighted by Crippen LogP contribution is 2.16. The summed E-state index contributed by atoms with van der Waals surface area (Å²) in [5.74, 6) is -0.352. The second-order valence-corrected chi connectivity index (χ2v) is 5.94. The fourth-order valence-corrected chi connectivity index (χ4v) is 3.07. The lowest BCUT2D eigenvalue weighted by Crippen LogP contribution is -2.28. The first-order valence-corrected chi connectivity index (χ1v) is 8.04. The van der Waals surface area contributed by atoms with E-state index in [2.05, 4.69) is 15.3 Å². The number of hydrogen-bond acceptors (Lipinski definition) is 5. The van der Waals surface area contributed by atoms with Crippen LogP contribution in [0.3, 0.4) is 0 Å². The molecule has 2 amide bonds. The fraction of sp³-hybridized carbons (Fsp3) is 0.333. The van der Waals surface area contributed by atoms with Crippen LogP contribution in [0.25, 0.3) is 0 Å². The molecule has 0 saturated carbocycles. The highest BCUT2D eigenvalue weighted by atomic mass is 32.1. The molecule has 0 radical (unpaired) electrons. The van der Waals surface area contributed by atoms with Crippen molar-refractivity contribution in [3.63, 3.8) is 0 Å². The maximum absolute atomic E-state index is 12.2. The van der Waals surface area contributed by atoms with E-state index in [1.807, 2.05) is 12.1 Å². The lowest BCUT2D eigenvalue weighted by molar-refractivity contribution is 0.0792. The lowest BCUT2D eigenvalue weighted by atomic mass is 10.3. The van der Waals surface area contributed by atoms with Crippen LogP contribution in [0.5, 0.6) is 0 Å². The summed E-state index contributed by atoms with van der Waals surface area (Å²) in [6, 6.07) is 3.70. The average molecular weight is 316 g/mol. The first-order chi connectivity index (χ1) is 10.7. The molecule has 1 aliphatic rings. The molecule has 3 heterocycles. The molecular formula is C15H16N4O2S. The lowest BCUT2D eigenvalue weighted by Gasteiger charge is -2.12. The quantitative estimate of drug-likeness (QED) is 0.931. The molecule has 114 valence electrons. The van der Waals surface area contributed by atoms with Gasteiger partial charge in [-0.15, -0.1) is 11.3 Å². The van der Waals surface area contributed by atoms with Crippen LogP contribution < -0.4 is 5.32 Å². The van der Waals surface area contributed by atoms with Gasteiger partial charge in [0.2, 0.25) is 0 Å². The molecule has 7 heteroatoms. The maximum Gasteiger partial charge on any atom is 0.282 e. The van der Waals surface area contributed by atoms with E-state index in [0.717, 1.165) is 31.5 Å². The number of aromatic nitrogens is 2. The van der Waals surface area contributed by atoms with Crippen LogP contribution in [0.1, 0.15) is 38.7 Å². The van der Waals surface area contributed by atoms with Crippen molar-refractivity contribution in [2.75, 3.05) is 13.1 Å². The van der Waals surface area contributed by atoms with Crippen LogP contribution in [0.15, 0.2) is 29.9 Å². The van der Waals surface area contributed by atoms with Gasteiger partial charge in [-0.3, -0.25) is 14.6 Å². The maximum atomic E-state index is 12.2. The number of thiazole rings is 1. The first kappa shape index (κ1) is 14.6. The van der Waals surface area contributed by atoms with Crippen LogP contribution in [0, 0.1) is 0 Å². The SMILES string of the molecule is O=C(NCc1cccnc1)c1csc(C(=O)N2CCCC2)n1. The molecule has 0 aliphatic carbocycles. The second kappa shape index (κ2) is 6.65. The largest absolute Gasteiger partial charge is 0.347 e. The van der Waals surface area contributed by atoms with Crippen LogP contribution in [0.2, 0.25) is 0 Å². The van der Waals surface area contributed by atoms with Gasteiger partial charge in [0, 0.05) is 37.4 Å². The molecule has 0 atom stereocenters. The minimum Gasteiger partial charge on any atom is -0.347 e. The minimum absolute atomic E-state index is 0.0752. The van der Waals surface area contributed by atoms with Crippen LogP contribution in [-0.4, -0.2) is 39.8 Å². The molecule has 3 rings (SSSR count). The molecule has 1 fully saturated rings. The average Bonchev–Trinajstić information content (AvgIpc) is 3.24. The standard InChI is InChI=1S/C15H16N4O2S/c20-13(17-9-11-4-3-5-16-8-11)12-10-22-14(18-12)15(21)19-6-1-2-7-19/h3-5,8,10H,1-2,6-7,9H2,(H,17,20). The van der Waals surface area contributed by atoms with Crippen molar-refractivity contribution in [3.05, 3.63) is 46.2 Å². The summed E-state index contributed by atoms with van der Waals surface area (Å²) in [6.45, 7) is 1.95. The highest BCUT2D eigenvalue weighted by Gasteiger charge is 2.23. The Balaban J connectivity index is 1.60. The number of rotatable bonds is 4. The Labute approximate surface area is 132 Å². The van der Waals surface area contributed by atoms with Crippen LogP contribution >= 0.6 is 11.3 Å². The third-order valence-electron chi connectivity index (χ3n) is 3.49. The summed E-state index contributed by atoms with van der Waals surface area (Å²) in [5, 5.41) is 4.79. The minimum atomic E-state index is -0.277. The van der Waals surface area contributed by atoms with Crippen LogP contribution in [0.4, 0.5) is 0 Å². The number of carbonyl (C=O) groups is 2. The third kappa shape index (κ3) is 3.30. The van der Waals surface area contributed by atoms with Crippen molar-refractivity contribution >= 4 is 23.2 Å². The highest BCUT2D eigenvalue weighted by molar-refractivity contribution is 7.11. The molecule has 0 aromatic carbocycles. The summed E-state index contributed by atoms with van der Waals surface area (Å²) in [6.07, 6.45) is 5.46. The van der Waals surface area contributed by atoms with Gasteiger partial charge in [0.15, 0.2) is 5.01 Å². The zero-order chi connectivity index (χ0) is 15.4. The zero-order valence-corrected chi connectivity index (χ0v) is 12.8. The van der Waals surface area contributed by atoms with E-state index < -0.39 is 0 Å². The van der Waals surface area contributed by atoms with Crippen molar-refractivity contribution in [2.24, 2.45) is 0 Å². The summed E-state index contributed by atoms with van der Waals surface area (Å²) >= 11 is 1.22. The number of pyridine rings is 1. The number of nitrogens with one attached hydrogen (secondary N) is 1. The normalized spacial score (nSPS) is 14.1. The number of likely N-dealkylation sites (tertiary alicyclic amines) is 1. The summed E-state index contributed by atoms with van der Waals surface area (Å²) in [5.41, 5.74) is 1.20. The monoisotopic (exact) mass is 316 g/mol. The Morgan fingerprint density at radius 1 is 1.32 bits per heavy atom. The van der Waals surface area contributed by atoms with E-state index in [0.29, 0.717) is 11.6 Å². The van der Waals surface area contributed by atoms with Gasteiger partial charge in [-0.25, -0.2) is 4.98 Å². The zero-order valence-electron chi connectivity index (χ0n) is 12.0. The summed E-state index contributed by atoms with van der Waals surface area (Å²) < 4.78 is 0. The number of nitrogens with zero attached hydrogens (tertiary/aromatic N) is 3. The molecule has 0 unspecified atom stereocenters. The van der Waals surface area contributed by atoms with Gasteiger partial charge in [-0.05, 0) is 24.5 Å². The summed E-state index contributed by atoms with van der Waals surface area (Å²) in [4.78, 5) is 34.2. The molecule has 2 aromatic heterocycles. The van der Waals surface area contributed by atoms with Gasteiger partial charge in [0.05, 0.1) is 0 Å². The Morgan fingerprint density at radius 2 is 2.14 bits per heavy atom. The van der Waals surface area contributed by atoms with Crippen LogP contribution in [-0.2, 0) is 6.54 Å². The molecular weight excluding hydrogens is 300 g/mol. The second-order valence-electron chi connectivity index (χ2n) is 5.08. The van der Waals surface area contributed by atoms with E-state index in [-0.39, 0.29) is 17.5 Å².